The van der Waals surface area contributed by atoms with Gasteiger partial charge in [-0.25, -0.2) is 4.98 Å². The number of hydrogen-bond donors (Lipinski definition) is 1. The lowest BCUT2D eigenvalue weighted by Gasteiger charge is -2.16. The standard InChI is InChI=1S/C16H18F3N3OS/c1-9(11-6-5-7-12(8-11)16(17,18)19)20-14(23)13-10(2)21-15(24-13)22(3)4/h5-9H,1-4H3,(H,20,23)/t9-/m0/s1. The van der Waals surface area contributed by atoms with Gasteiger partial charge in [0.2, 0.25) is 0 Å². The summed E-state index contributed by atoms with van der Waals surface area (Å²) in [4.78, 5) is 18.9. The third kappa shape index (κ3) is 4.05. The van der Waals surface area contributed by atoms with E-state index >= 15 is 0 Å². The van der Waals surface area contributed by atoms with Gasteiger partial charge in [-0.3, -0.25) is 4.79 Å². The first-order valence-electron chi connectivity index (χ1n) is 7.22. The fourth-order valence-corrected chi connectivity index (χ4v) is 3.01. The molecule has 2 aromatic rings. The zero-order chi connectivity index (χ0) is 18.1. The van der Waals surface area contributed by atoms with Crippen LogP contribution in [0.4, 0.5) is 18.3 Å². The molecule has 1 heterocycles. The van der Waals surface area contributed by atoms with Gasteiger partial charge >= 0.3 is 6.18 Å². The number of carbonyl (C=O) groups excluding carboxylic acids is 1. The van der Waals surface area contributed by atoms with Crippen molar-refractivity contribution in [3.8, 4) is 0 Å². The van der Waals surface area contributed by atoms with Crippen LogP contribution in [0.25, 0.3) is 0 Å². The van der Waals surface area contributed by atoms with Crippen LogP contribution < -0.4 is 10.2 Å². The zero-order valence-electron chi connectivity index (χ0n) is 13.7. The summed E-state index contributed by atoms with van der Waals surface area (Å²) in [6.45, 7) is 3.38. The molecule has 0 saturated carbocycles. The number of aromatic nitrogens is 1. The first-order chi connectivity index (χ1) is 11.1. The number of amides is 1. The molecule has 0 bridgehead atoms. The first-order valence-corrected chi connectivity index (χ1v) is 8.04. The molecule has 0 fully saturated rings. The van der Waals surface area contributed by atoms with Crippen LogP contribution in [0.15, 0.2) is 24.3 Å². The summed E-state index contributed by atoms with van der Waals surface area (Å²) in [6, 6.07) is 4.40. The molecule has 1 amide bonds. The van der Waals surface area contributed by atoms with Gasteiger partial charge in [0, 0.05) is 14.1 Å². The topological polar surface area (TPSA) is 45.2 Å². The molecule has 1 aromatic heterocycles. The summed E-state index contributed by atoms with van der Waals surface area (Å²) in [6.07, 6.45) is -4.41. The highest BCUT2D eigenvalue weighted by molar-refractivity contribution is 7.17. The summed E-state index contributed by atoms with van der Waals surface area (Å²) in [5, 5.41) is 3.43. The van der Waals surface area contributed by atoms with Gasteiger partial charge in [-0.15, -0.1) is 0 Å². The summed E-state index contributed by atoms with van der Waals surface area (Å²) in [7, 11) is 3.65. The van der Waals surface area contributed by atoms with Crippen LogP contribution in [0.2, 0.25) is 0 Å². The molecule has 0 unspecified atom stereocenters. The van der Waals surface area contributed by atoms with Crippen molar-refractivity contribution in [1.29, 1.82) is 0 Å². The van der Waals surface area contributed by atoms with Crippen molar-refractivity contribution in [2.75, 3.05) is 19.0 Å². The number of aryl methyl sites for hydroxylation is 1. The van der Waals surface area contributed by atoms with Gasteiger partial charge < -0.3 is 10.2 Å². The lowest BCUT2D eigenvalue weighted by molar-refractivity contribution is -0.137. The molecule has 2 rings (SSSR count). The average molecular weight is 357 g/mol. The van der Waals surface area contributed by atoms with Crippen molar-refractivity contribution in [3.05, 3.63) is 46.0 Å². The van der Waals surface area contributed by atoms with Crippen molar-refractivity contribution >= 4 is 22.4 Å². The fourth-order valence-electron chi connectivity index (χ4n) is 2.11. The SMILES string of the molecule is Cc1nc(N(C)C)sc1C(=O)N[C@@H](C)c1cccc(C(F)(F)F)c1. The van der Waals surface area contributed by atoms with E-state index in [0.717, 1.165) is 12.1 Å². The Balaban J connectivity index is 2.17. The van der Waals surface area contributed by atoms with Gasteiger partial charge in [-0.2, -0.15) is 13.2 Å². The minimum absolute atomic E-state index is 0.344. The minimum atomic E-state index is -4.41. The third-order valence-corrected chi connectivity index (χ3v) is 4.76. The van der Waals surface area contributed by atoms with Crippen LogP contribution in [-0.4, -0.2) is 25.0 Å². The number of nitrogens with zero attached hydrogens (tertiary/aromatic N) is 2. The van der Waals surface area contributed by atoms with Gasteiger partial charge in [0.1, 0.15) is 4.88 Å². The maximum absolute atomic E-state index is 12.8. The van der Waals surface area contributed by atoms with Crippen LogP contribution >= 0.6 is 11.3 Å². The summed E-state index contributed by atoms with van der Waals surface area (Å²) in [5.41, 5.74) is 0.260. The molecule has 0 aliphatic rings. The van der Waals surface area contributed by atoms with E-state index in [9.17, 15) is 18.0 Å². The smallest absolute Gasteiger partial charge is 0.354 e. The molecular formula is C16H18F3N3OS. The van der Waals surface area contributed by atoms with E-state index in [-0.39, 0.29) is 5.91 Å². The predicted molar refractivity (Wildman–Crippen MR) is 88.5 cm³/mol. The number of halogens is 3. The molecule has 0 aliphatic heterocycles. The van der Waals surface area contributed by atoms with Gasteiger partial charge in [0.25, 0.3) is 5.91 Å². The Morgan fingerprint density at radius 3 is 2.54 bits per heavy atom. The Morgan fingerprint density at radius 2 is 2.00 bits per heavy atom. The number of nitrogens with one attached hydrogen (secondary N) is 1. The van der Waals surface area contributed by atoms with Gasteiger partial charge in [0.15, 0.2) is 5.13 Å². The Morgan fingerprint density at radius 1 is 1.33 bits per heavy atom. The van der Waals surface area contributed by atoms with E-state index in [4.69, 9.17) is 0 Å². The predicted octanol–water partition coefficient (Wildman–Crippen LogP) is 4.03. The van der Waals surface area contributed by atoms with Crippen LogP contribution in [0.5, 0.6) is 0 Å². The minimum Gasteiger partial charge on any atom is -0.354 e. The second kappa shape index (κ2) is 6.80. The fraction of sp³-hybridized carbons (Fsp3) is 0.375. The average Bonchev–Trinajstić information content (AvgIpc) is 2.89. The number of hydrogen-bond acceptors (Lipinski definition) is 4. The van der Waals surface area contributed by atoms with Crippen molar-refractivity contribution < 1.29 is 18.0 Å². The Hall–Kier alpha value is -2.09. The van der Waals surface area contributed by atoms with E-state index in [2.05, 4.69) is 10.3 Å². The maximum atomic E-state index is 12.8. The summed E-state index contributed by atoms with van der Waals surface area (Å²) < 4.78 is 38.4. The highest BCUT2D eigenvalue weighted by Gasteiger charge is 2.31. The van der Waals surface area contributed by atoms with E-state index < -0.39 is 17.8 Å². The molecule has 1 aromatic carbocycles. The molecule has 8 heteroatoms. The highest BCUT2D eigenvalue weighted by Crippen LogP contribution is 2.31. The zero-order valence-corrected chi connectivity index (χ0v) is 14.5. The van der Waals surface area contributed by atoms with E-state index in [0.29, 0.717) is 21.3 Å². The lowest BCUT2D eigenvalue weighted by atomic mass is 10.0. The van der Waals surface area contributed by atoms with E-state index in [1.165, 1.54) is 17.4 Å². The van der Waals surface area contributed by atoms with Crippen LogP contribution in [0, 0.1) is 6.92 Å². The summed E-state index contributed by atoms with van der Waals surface area (Å²) in [5.74, 6) is -0.344. The molecule has 0 radical (unpaired) electrons. The Labute approximate surface area is 142 Å². The third-order valence-electron chi connectivity index (χ3n) is 3.44. The van der Waals surface area contributed by atoms with E-state index in [1.807, 2.05) is 14.1 Å². The molecule has 130 valence electrons. The molecule has 1 atom stereocenters. The normalized spacial score (nSPS) is 12.8. The number of carbonyl (C=O) groups is 1. The number of alkyl halides is 3. The number of benzene rings is 1. The monoisotopic (exact) mass is 357 g/mol. The second-order valence-electron chi connectivity index (χ2n) is 5.62. The molecule has 0 spiro atoms. The van der Waals surface area contributed by atoms with Gasteiger partial charge in [-0.05, 0) is 31.5 Å². The Bertz CT molecular complexity index is 740. The van der Waals surface area contributed by atoms with Gasteiger partial charge in [0.05, 0.1) is 17.3 Å². The number of anilines is 1. The van der Waals surface area contributed by atoms with Gasteiger partial charge in [-0.1, -0.05) is 23.5 Å². The molecule has 0 aliphatic carbocycles. The summed E-state index contributed by atoms with van der Waals surface area (Å²) >= 11 is 1.24. The largest absolute Gasteiger partial charge is 0.416 e. The number of thiazole rings is 1. The highest BCUT2D eigenvalue weighted by atomic mass is 32.1. The maximum Gasteiger partial charge on any atom is 0.416 e. The van der Waals surface area contributed by atoms with Crippen molar-refractivity contribution in [2.45, 2.75) is 26.1 Å². The van der Waals surface area contributed by atoms with Crippen LogP contribution in [0.3, 0.4) is 0 Å². The molecule has 24 heavy (non-hydrogen) atoms. The molecular weight excluding hydrogens is 339 g/mol. The van der Waals surface area contributed by atoms with Crippen LogP contribution in [0.1, 0.15) is 39.5 Å². The quantitative estimate of drug-likeness (QED) is 0.899. The lowest BCUT2D eigenvalue weighted by Crippen LogP contribution is -2.26. The second-order valence-corrected chi connectivity index (χ2v) is 6.60. The van der Waals surface area contributed by atoms with E-state index in [1.54, 1.807) is 24.8 Å². The molecule has 4 nitrogen and oxygen atoms in total. The number of rotatable bonds is 4. The molecule has 1 N–H and O–H groups in total. The first kappa shape index (κ1) is 18.3. The van der Waals surface area contributed by atoms with Crippen LogP contribution in [-0.2, 0) is 6.18 Å². The van der Waals surface area contributed by atoms with Crippen molar-refractivity contribution in [1.82, 2.24) is 10.3 Å². The Kier molecular flexibility index (Phi) is 5.17. The molecule has 0 saturated heterocycles. The van der Waals surface area contributed by atoms with Crippen molar-refractivity contribution in [3.63, 3.8) is 0 Å². The van der Waals surface area contributed by atoms with Crippen molar-refractivity contribution in [2.24, 2.45) is 0 Å².